The van der Waals surface area contributed by atoms with E-state index in [9.17, 15) is 14.4 Å². The maximum absolute atomic E-state index is 12.5. The van der Waals surface area contributed by atoms with Crippen LogP contribution in [0, 0.1) is 6.92 Å². The van der Waals surface area contributed by atoms with Gasteiger partial charge in [0.15, 0.2) is 0 Å². The van der Waals surface area contributed by atoms with Crippen molar-refractivity contribution in [1.29, 1.82) is 0 Å². The zero-order chi connectivity index (χ0) is 20.9. The number of hydrogen-bond donors (Lipinski definition) is 2. The van der Waals surface area contributed by atoms with E-state index in [-0.39, 0.29) is 23.3 Å². The highest BCUT2D eigenvalue weighted by Crippen LogP contribution is 2.36. The number of carbonyl (C=O) groups excluding carboxylic acids is 1. The van der Waals surface area contributed by atoms with Crippen molar-refractivity contribution in [1.82, 2.24) is 4.90 Å². The molecule has 1 aliphatic heterocycles. The van der Waals surface area contributed by atoms with E-state index in [1.807, 2.05) is 26.0 Å². The van der Waals surface area contributed by atoms with Gasteiger partial charge in [-0.2, -0.15) is 0 Å². The fourth-order valence-electron chi connectivity index (χ4n) is 3.60. The predicted octanol–water partition coefficient (Wildman–Crippen LogP) is 3.73. The van der Waals surface area contributed by atoms with Crippen LogP contribution in [0.4, 0.5) is 17.1 Å². The fraction of sp³-hybridized carbons (Fsp3) is 0.286. The number of hydrogen-bond acceptors (Lipinski definition) is 6. The Labute approximate surface area is 172 Å². The highest BCUT2D eigenvalue weighted by Gasteiger charge is 2.31. The van der Waals surface area contributed by atoms with Crippen LogP contribution in [0.3, 0.4) is 0 Å². The normalized spacial score (nSPS) is 14.3. The SMILES string of the molecule is CC[C@H](Nc1c(Nc2ccc(Cl)c3c2C(=O)N(C)C3)c(=O)c1=O)c1ccc(C)o1. The van der Waals surface area contributed by atoms with Crippen LogP contribution in [-0.2, 0) is 6.54 Å². The molecule has 150 valence electrons. The zero-order valence-electron chi connectivity index (χ0n) is 16.3. The van der Waals surface area contributed by atoms with Gasteiger partial charge in [-0.1, -0.05) is 18.5 Å². The smallest absolute Gasteiger partial charge is 0.256 e. The van der Waals surface area contributed by atoms with Crippen LogP contribution in [0.2, 0.25) is 5.02 Å². The van der Waals surface area contributed by atoms with Crippen LogP contribution in [0.25, 0.3) is 0 Å². The molecule has 2 heterocycles. The van der Waals surface area contributed by atoms with Crippen LogP contribution in [0.1, 0.15) is 46.8 Å². The minimum absolute atomic E-state index is 0.142. The number of amides is 1. The topological polar surface area (TPSA) is 91.6 Å². The summed E-state index contributed by atoms with van der Waals surface area (Å²) in [5, 5.41) is 6.59. The van der Waals surface area contributed by atoms with Crippen molar-refractivity contribution < 1.29 is 9.21 Å². The molecule has 0 saturated carbocycles. The number of anilines is 3. The largest absolute Gasteiger partial charge is 0.464 e. The highest BCUT2D eigenvalue weighted by atomic mass is 35.5. The Kier molecular flexibility index (Phi) is 4.70. The van der Waals surface area contributed by atoms with E-state index in [4.69, 9.17) is 16.0 Å². The van der Waals surface area contributed by atoms with Crippen molar-refractivity contribution in [3.63, 3.8) is 0 Å². The molecule has 0 radical (unpaired) electrons. The third kappa shape index (κ3) is 3.11. The molecule has 0 bridgehead atoms. The van der Waals surface area contributed by atoms with Gasteiger partial charge in [-0.05, 0) is 37.6 Å². The molecule has 0 aliphatic carbocycles. The first kappa shape index (κ1) is 19.3. The van der Waals surface area contributed by atoms with Crippen LogP contribution >= 0.6 is 11.6 Å². The number of halogens is 1. The molecule has 1 aromatic heterocycles. The standard InChI is InChI=1S/C21H20ClN3O4/c1-4-13(15-8-5-10(2)29-15)23-17-18(20(27)19(17)26)24-14-7-6-12(22)11-9-25(3)21(28)16(11)14/h5-8,13,23-24H,4,9H2,1-3H3/t13-/m0/s1. The summed E-state index contributed by atoms with van der Waals surface area (Å²) < 4.78 is 5.65. The number of fused-ring (bicyclic) bond motifs is 1. The summed E-state index contributed by atoms with van der Waals surface area (Å²) >= 11 is 6.23. The fourth-order valence-corrected chi connectivity index (χ4v) is 3.82. The quantitative estimate of drug-likeness (QED) is 0.598. The maximum Gasteiger partial charge on any atom is 0.256 e. The van der Waals surface area contributed by atoms with Crippen molar-refractivity contribution >= 4 is 34.6 Å². The molecule has 0 spiro atoms. The van der Waals surface area contributed by atoms with Crippen LogP contribution < -0.4 is 21.5 Å². The van der Waals surface area contributed by atoms with Crippen LogP contribution in [0.15, 0.2) is 38.3 Å². The van der Waals surface area contributed by atoms with E-state index in [0.29, 0.717) is 40.6 Å². The van der Waals surface area contributed by atoms with Gasteiger partial charge in [0.25, 0.3) is 16.8 Å². The van der Waals surface area contributed by atoms with E-state index in [1.165, 1.54) is 0 Å². The van der Waals surface area contributed by atoms with E-state index >= 15 is 0 Å². The lowest BCUT2D eigenvalue weighted by atomic mass is 10.1. The molecule has 0 fully saturated rings. The second-order valence-electron chi connectivity index (χ2n) is 7.20. The number of rotatable bonds is 6. The first-order valence-corrected chi connectivity index (χ1v) is 9.69. The molecular weight excluding hydrogens is 394 g/mol. The molecule has 7 nitrogen and oxygen atoms in total. The molecule has 2 N–H and O–H groups in total. The number of carbonyl (C=O) groups is 1. The van der Waals surface area contributed by atoms with Gasteiger partial charge in [-0.15, -0.1) is 0 Å². The molecule has 3 aromatic rings. The molecule has 0 saturated heterocycles. The summed E-state index contributed by atoms with van der Waals surface area (Å²) in [7, 11) is 1.68. The minimum atomic E-state index is -0.625. The highest BCUT2D eigenvalue weighted by molar-refractivity contribution is 6.32. The van der Waals surface area contributed by atoms with Crippen molar-refractivity contribution in [3.8, 4) is 0 Å². The van der Waals surface area contributed by atoms with E-state index in [0.717, 1.165) is 5.76 Å². The Morgan fingerprint density at radius 2 is 1.86 bits per heavy atom. The monoisotopic (exact) mass is 413 g/mol. The zero-order valence-corrected chi connectivity index (χ0v) is 17.0. The average Bonchev–Trinajstić information content (AvgIpc) is 3.27. The molecule has 8 heteroatoms. The summed E-state index contributed by atoms with van der Waals surface area (Å²) in [6.45, 7) is 4.19. The second-order valence-corrected chi connectivity index (χ2v) is 7.60. The third-order valence-electron chi connectivity index (χ3n) is 5.21. The summed E-state index contributed by atoms with van der Waals surface area (Å²) in [6, 6.07) is 6.76. The van der Waals surface area contributed by atoms with Crippen molar-refractivity contribution in [2.24, 2.45) is 0 Å². The Morgan fingerprint density at radius 1 is 1.14 bits per heavy atom. The van der Waals surface area contributed by atoms with Crippen molar-refractivity contribution in [3.05, 3.63) is 72.4 Å². The van der Waals surface area contributed by atoms with Crippen molar-refractivity contribution in [2.75, 3.05) is 17.7 Å². The lowest BCUT2D eigenvalue weighted by molar-refractivity contribution is 0.0817. The summed E-state index contributed by atoms with van der Waals surface area (Å²) in [4.78, 5) is 38.5. The molecule has 1 amide bonds. The molecule has 29 heavy (non-hydrogen) atoms. The van der Waals surface area contributed by atoms with Gasteiger partial charge in [0, 0.05) is 24.2 Å². The van der Waals surface area contributed by atoms with Gasteiger partial charge in [-0.3, -0.25) is 14.4 Å². The van der Waals surface area contributed by atoms with Gasteiger partial charge in [0.1, 0.15) is 22.9 Å². The number of nitrogens with one attached hydrogen (secondary N) is 2. The maximum atomic E-state index is 12.5. The molecule has 0 unspecified atom stereocenters. The van der Waals surface area contributed by atoms with E-state index in [2.05, 4.69) is 10.6 Å². The predicted molar refractivity (Wildman–Crippen MR) is 112 cm³/mol. The summed E-state index contributed by atoms with van der Waals surface area (Å²) in [6.07, 6.45) is 0.658. The number of aryl methyl sites for hydroxylation is 1. The number of nitrogens with zero attached hydrogens (tertiary/aromatic N) is 1. The first-order valence-electron chi connectivity index (χ1n) is 9.31. The minimum Gasteiger partial charge on any atom is -0.464 e. The van der Waals surface area contributed by atoms with Gasteiger partial charge in [0.2, 0.25) is 0 Å². The first-order chi connectivity index (χ1) is 13.8. The Bertz CT molecular complexity index is 1190. The second kappa shape index (κ2) is 7.08. The molecule has 1 aliphatic rings. The Morgan fingerprint density at radius 3 is 2.52 bits per heavy atom. The number of benzene rings is 1. The molecule has 2 aromatic carbocycles. The Hall–Kier alpha value is -3.06. The summed E-state index contributed by atoms with van der Waals surface area (Å²) in [5.41, 5.74) is 0.698. The van der Waals surface area contributed by atoms with Gasteiger partial charge in [-0.25, -0.2) is 0 Å². The van der Waals surface area contributed by atoms with E-state index in [1.54, 1.807) is 24.1 Å². The average molecular weight is 414 g/mol. The van der Waals surface area contributed by atoms with E-state index < -0.39 is 10.9 Å². The lowest BCUT2D eigenvalue weighted by Gasteiger charge is -2.21. The third-order valence-corrected chi connectivity index (χ3v) is 5.57. The molecule has 4 rings (SSSR count). The molecular formula is C21H20ClN3O4. The van der Waals surface area contributed by atoms with Crippen molar-refractivity contribution in [2.45, 2.75) is 32.9 Å². The summed E-state index contributed by atoms with van der Waals surface area (Å²) in [5.74, 6) is 1.27. The Balaban J connectivity index is 1.67. The van der Waals surface area contributed by atoms with Crippen LogP contribution in [-0.4, -0.2) is 17.9 Å². The number of furan rings is 1. The lowest BCUT2D eigenvalue weighted by Crippen LogP contribution is -2.37. The molecule has 1 atom stereocenters. The van der Waals surface area contributed by atoms with Gasteiger partial charge in [0.05, 0.1) is 17.3 Å². The van der Waals surface area contributed by atoms with Gasteiger partial charge >= 0.3 is 0 Å². The van der Waals surface area contributed by atoms with Gasteiger partial charge < -0.3 is 20.0 Å². The van der Waals surface area contributed by atoms with Crippen LogP contribution in [0.5, 0.6) is 0 Å².